The Labute approximate surface area is 141 Å². The summed E-state index contributed by atoms with van der Waals surface area (Å²) in [6.45, 7) is 4.10. The first-order valence-electron chi connectivity index (χ1n) is 7.41. The Morgan fingerprint density at radius 1 is 1.00 bits per heavy atom. The number of sulfonamides is 1. The van der Waals surface area contributed by atoms with Gasteiger partial charge in [-0.3, -0.25) is 0 Å². The van der Waals surface area contributed by atoms with Crippen LogP contribution in [0.15, 0.2) is 47.4 Å². The molecule has 3 rings (SSSR count). The molecule has 0 amide bonds. The lowest BCUT2D eigenvalue weighted by Gasteiger charge is -2.34. The molecule has 0 spiro atoms. The second-order valence-corrected chi connectivity index (χ2v) is 7.86. The van der Waals surface area contributed by atoms with Crippen molar-refractivity contribution in [3.8, 4) is 0 Å². The van der Waals surface area contributed by atoms with E-state index in [9.17, 15) is 8.42 Å². The summed E-state index contributed by atoms with van der Waals surface area (Å²) in [4.78, 5) is 6.89. The van der Waals surface area contributed by atoms with Crippen molar-refractivity contribution in [3.63, 3.8) is 0 Å². The summed E-state index contributed by atoms with van der Waals surface area (Å²) >= 11 is 5.83. The summed E-state index contributed by atoms with van der Waals surface area (Å²) in [7, 11) is -3.46. The molecular weight excluding hydrogens is 334 g/mol. The van der Waals surface area contributed by atoms with Gasteiger partial charge in [-0.1, -0.05) is 17.7 Å². The normalized spacial score (nSPS) is 16.5. The average molecular weight is 352 g/mol. The van der Waals surface area contributed by atoms with Crippen LogP contribution in [0.1, 0.15) is 5.69 Å². The molecule has 0 radical (unpaired) electrons. The van der Waals surface area contributed by atoms with Gasteiger partial charge in [-0.05, 0) is 43.3 Å². The zero-order valence-electron chi connectivity index (χ0n) is 12.8. The predicted octanol–water partition coefficient (Wildman–Crippen LogP) is 2.55. The molecule has 1 aliphatic rings. The van der Waals surface area contributed by atoms with Crippen LogP contribution in [0.4, 0.5) is 5.82 Å². The van der Waals surface area contributed by atoms with Crippen LogP contribution in [-0.2, 0) is 10.0 Å². The van der Waals surface area contributed by atoms with E-state index in [0.717, 1.165) is 11.5 Å². The minimum Gasteiger partial charge on any atom is -0.354 e. The topological polar surface area (TPSA) is 53.5 Å². The van der Waals surface area contributed by atoms with Crippen LogP contribution in [0.5, 0.6) is 0 Å². The molecule has 0 bridgehead atoms. The molecule has 0 unspecified atom stereocenters. The van der Waals surface area contributed by atoms with Crippen molar-refractivity contribution in [1.82, 2.24) is 9.29 Å². The van der Waals surface area contributed by atoms with Gasteiger partial charge in [0.1, 0.15) is 5.82 Å². The highest BCUT2D eigenvalue weighted by Gasteiger charge is 2.28. The Morgan fingerprint density at radius 2 is 1.65 bits per heavy atom. The number of anilines is 1. The summed E-state index contributed by atoms with van der Waals surface area (Å²) in [6, 6.07) is 12.2. The molecule has 122 valence electrons. The van der Waals surface area contributed by atoms with Crippen molar-refractivity contribution in [2.24, 2.45) is 0 Å². The average Bonchev–Trinajstić information content (AvgIpc) is 2.55. The minimum absolute atomic E-state index is 0.282. The highest BCUT2D eigenvalue weighted by atomic mass is 35.5. The molecule has 2 heterocycles. The van der Waals surface area contributed by atoms with E-state index in [4.69, 9.17) is 11.6 Å². The number of nitrogens with zero attached hydrogens (tertiary/aromatic N) is 3. The molecule has 2 aromatic rings. The smallest absolute Gasteiger partial charge is 0.243 e. The monoisotopic (exact) mass is 351 g/mol. The first kappa shape index (κ1) is 16.2. The third kappa shape index (κ3) is 3.49. The summed E-state index contributed by atoms with van der Waals surface area (Å²) in [6.07, 6.45) is 0. The van der Waals surface area contributed by atoms with Crippen molar-refractivity contribution < 1.29 is 8.42 Å². The predicted molar refractivity (Wildman–Crippen MR) is 91.4 cm³/mol. The number of hydrogen-bond donors (Lipinski definition) is 0. The summed E-state index contributed by atoms with van der Waals surface area (Å²) in [5.41, 5.74) is 0.957. The number of hydrogen-bond acceptors (Lipinski definition) is 4. The quantitative estimate of drug-likeness (QED) is 0.852. The van der Waals surface area contributed by atoms with Crippen molar-refractivity contribution in [1.29, 1.82) is 0 Å². The maximum Gasteiger partial charge on any atom is 0.243 e. The molecule has 0 aliphatic carbocycles. The lowest BCUT2D eigenvalue weighted by molar-refractivity contribution is 0.384. The number of benzene rings is 1. The van der Waals surface area contributed by atoms with Crippen LogP contribution in [0.3, 0.4) is 0 Å². The Balaban J connectivity index is 1.72. The maximum atomic E-state index is 12.6. The first-order chi connectivity index (χ1) is 11.0. The van der Waals surface area contributed by atoms with E-state index < -0.39 is 10.0 Å². The fourth-order valence-corrected chi connectivity index (χ4v) is 4.17. The summed E-state index contributed by atoms with van der Waals surface area (Å²) < 4.78 is 26.8. The van der Waals surface area contributed by atoms with Gasteiger partial charge in [0.15, 0.2) is 0 Å². The first-order valence-corrected chi connectivity index (χ1v) is 9.23. The Morgan fingerprint density at radius 3 is 2.26 bits per heavy atom. The van der Waals surface area contributed by atoms with Crippen LogP contribution in [0.25, 0.3) is 0 Å². The van der Waals surface area contributed by atoms with Crippen molar-refractivity contribution in [2.75, 3.05) is 31.1 Å². The van der Waals surface area contributed by atoms with E-state index in [1.807, 2.05) is 25.1 Å². The number of rotatable bonds is 3. The van der Waals surface area contributed by atoms with Crippen LogP contribution >= 0.6 is 11.6 Å². The van der Waals surface area contributed by atoms with E-state index in [0.29, 0.717) is 31.2 Å². The number of aryl methyl sites for hydroxylation is 1. The molecule has 0 atom stereocenters. The molecule has 7 heteroatoms. The van der Waals surface area contributed by atoms with Gasteiger partial charge >= 0.3 is 0 Å². The number of halogens is 1. The largest absolute Gasteiger partial charge is 0.354 e. The van der Waals surface area contributed by atoms with E-state index in [-0.39, 0.29) is 4.90 Å². The molecule has 5 nitrogen and oxygen atoms in total. The highest BCUT2D eigenvalue weighted by molar-refractivity contribution is 7.89. The van der Waals surface area contributed by atoms with Gasteiger partial charge < -0.3 is 4.90 Å². The zero-order chi connectivity index (χ0) is 16.4. The van der Waals surface area contributed by atoms with Gasteiger partial charge in [-0.2, -0.15) is 4.31 Å². The molecule has 1 fully saturated rings. The fraction of sp³-hybridized carbons (Fsp3) is 0.312. The third-order valence-corrected chi connectivity index (χ3v) is 6.05. The second-order valence-electron chi connectivity index (χ2n) is 5.48. The third-order valence-electron chi connectivity index (χ3n) is 3.89. The van der Waals surface area contributed by atoms with Crippen LogP contribution in [0, 0.1) is 6.92 Å². The zero-order valence-corrected chi connectivity index (χ0v) is 14.4. The lowest BCUT2D eigenvalue weighted by Crippen LogP contribution is -2.48. The second kappa shape index (κ2) is 6.47. The lowest BCUT2D eigenvalue weighted by atomic mass is 10.3. The summed E-state index contributed by atoms with van der Waals surface area (Å²) in [5.74, 6) is 0.897. The van der Waals surface area contributed by atoms with E-state index in [1.54, 1.807) is 24.3 Å². The summed E-state index contributed by atoms with van der Waals surface area (Å²) in [5, 5.41) is 0.527. The van der Waals surface area contributed by atoms with Gasteiger partial charge in [0.2, 0.25) is 10.0 Å². The van der Waals surface area contributed by atoms with Gasteiger partial charge in [-0.15, -0.1) is 0 Å². The molecule has 0 saturated carbocycles. The maximum absolute atomic E-state index is 12.6. The van der Waals surface area contributed by atoms with E-state index >= 15 is 0 Å². The number of aromatic nitrogens is 1. The Kier molecular flexibility index (Phi) is 4.57. The molecular formula is C16H18ClN3O2S. The van der Waals surface area contributed by atoms with Gasteiger partial charge in [0.05, 0.1) is 4.90 Å². The van der Waals surface area contributed by atoms with Crippen molar-refractivity contribution in [2.45, 2.75) is 11.8 Å². The Hall–Kier alpha value is -1.63. The van der Waals surface area contributed by atoms with Gasteiger partial charge in [0.25, 0.3) is 0 Å². The Bertz CT molecular complexity index is 785. The molecule has 1 aromatic carbocycles. The van der Waals surface area contributed by atoms with Crippen LogP contribution < -0.4 is 4.90 Å². The van der Waals surface area contributed by atoms with Gasteiger partial charge in [0, 0.05) is 36.9 Å². The molecule has 23 heavy (non-hydrogen) atoms. The number of piperazine rings is 1. The highest BCUT2D eigenvalue weighted by Crippen LogP contribution is 2.21. The van der Waals surface area contributed by atoms with Crippen LogP contribution in [0.2, 0.25) is 5.02 Å². The number of pyridine rings is 1. The van der Waals surface area contributed by atoms with Crippen molar-refractivity contribution in [3.05, 3.63) is 53.2 Å². The van der Waals surface area contributed by atoms with Gasteiger partial charge in [-0.25, -0.2) is 13.4 Å². The minimum atomic E-state index is -3.46. The molecule has 1 aromatic heterocycles. The molecule has 0 N–H and O–H groups in total. The SMILES string of the molecule is Cc1cccc(N2CCN(S(=O)(=O)c3ccc(Cl)cc3)CC2)n1. The van der Waals surface area contributed by atoms with Crippen LogP contribution in [-0.4, -0.2) is 43.9 Å². The molecule has 1 saturated heterocycles. The fourth-order valence-electron chi connectivity index (χ4n) is 2.62. The molecule has 1 aliphatic heterocycles. The van der Waals surface area contributed by atoms with Crippen molar-refractivity contribution >= 4 is 27.4 Å². The van der Waals surface area contributed by atoms with E-state index in [2.05, 4.69) is 9.88 Å². The standard InChI is InChI=1S/C16H18ClN3O2S/c1-13-3-2-4-16(18-13)19-9-11-20(12-10-19)23(21,22)15-7-5-14(17)6-8-15/h2-8H,9-12H2,1H3. The van der Waals surface area contributed by atoms with E-state index in [1.165, 1.54) is 4.31 Å².